The van der Waals surface area contributed by atoms with Gasteiger partial charge >= 0.3 is 0 Å². The summed E-state index contributed by atoms with van der Waals surface area (Å²) in [6.07, 6.45) is 10.1. The van der Waals surface area contributed by atoms with Gasteiger partial charge in [0.15, 0.2) is 5.75 Å². The second-order valence-corrected chi connectivity index (χ2v) is 9.34. The highest BCUT2D eigenvalue weighted by Gasteiger charge is 2.72. The number of likely N-dealkylation sites (N-methyl/N-ethyl adjacent to an activating group) is 1. The van der Waals surface area contributed by atoms with Gasteiger partial charge in [0, 0.05) is 17.5 Å². The lowest BCUT2D eigenvalue weighted by Gasteiger charge is -2.61. The maximum absolute atomic E-state index is 11.3. The lowest BCUT2D eigenvalue weighted by molar-refractivity contribution is -0.149. The Bertz CT molecular complexity index is 834. The zero-order valence-electron chi connectivity index (χ0n) is 15.7. The zero-order chi connectivity index (χ0) is 18.4. The van der Waals surface area contributed by atoms with E-state index >= 15 is 0 Å². The molecule has 6 rings (SSSR count). The summed E-state index contributed by atoms with van der Waals surface area (Å²) in [6.45, 7) is 1.00. The van der Waals surface area contributed by atoms with Crippen molar-refractivity contribution in [2.75, 3.05) is 13.6 Å². The summed E-state index contributed by atoms with van der Waals surface area (Å²) in [7, 11) is 2.22. The Morgan fingerprint density at radius 2 is 2.15 bits per heavy atom. The van der Waals surface area contributed by atoms with Crippen molar-refractivity contribution in [3.63, 3.8) is 0 Å². The Labute approximate surface area is 159 Å². The molecule has 0 aromatic heterocycles. The number of piperidine rings is 1. The van der Waals surface area contributed by atoms with Crippen LogP contribution in [0.1, 0.15) is 43.2 Å². The standard InChI is InChI=1S/C22H27NO4/c1-23-10-9-21-15-6-8-18(24)22(21,12-13-3-2-4-13)26-20-17(27-25)7-5-14(19(20)21)11-16(15)23/h5-8,13,15-16,18,24-25H,2-4,9-12H2,1H3/t15-,16+,18-,21-,22-/m0/s1. The lowest BCUT2D eigenvalue weighted by atomic mass is 9.47. The summed E-state index contributed by atoms with van der Waals surface area (Å²) in [4.78, 5) is 7.20. The van der Waals surface area contributed by atoms with Gasteiger partial charge in [-0.3, -0.25) is 0 Å². The van der Waals surface area contributed by atoms with E-state index in [0.29, 0.717) is 29.4 Å². The number of aliphatic hydroxyl groups excluding tert-OH is 1. The fraction of sp³-hybridized carbons (Fsp3) is 0.636. The molecule has 2 fully saturated rings. The molecule has 5 nitrogen and oxygen atoms in total. The van der Waals surface area contributed by atoms with Crippen molar-refractivity contribution in [3.05, 3.63) is 35.4 Å². The van der Waals surface area contributed by atoms with Crippen molar-refractivity contribution in [3.8, 4) is 11.5 Å². The first-order chi connectivity index (χ1) is 13.1. The van der Waals surface area contributed by atoms with E-state index in [0.717, 1.165) is 25.8 Å². The summed E-state index contributed by atoms with van der Waals surface area (Å²) in [5.74, 6) is 1.98. The van der Waals surface area contributed by atoms with Gasteiger partial charge in [-0.05, 0) is 50.4 Å². The monoisotopic (exact) mass is 369 g/mol. The molecule has 5 heteroatoms. The van der Waals surface area contributed by atoms with Crippen LogP contribution in [0.2, 0.25) is 0 Å². The van der Waals surface area contributed by atoms with Gasteiger partial charge in [0.05, 0.1) is 5.41 Å². The Morgan fingerprint density at radius 3 is 2.89 bits per heavy atom. The topological polar surface area (TPSA) is 62.2 Å². The van der Waals surface area contributed by atoms with Crippen LogP contribution in [0.15, 0.2) is 24.3 Å². The quantitative estimate of drug-likeness (QED) is 0.487. The number of rotatable bonds is 3. The summed E-state index contributed by atoms with van der Waals surface area (Å²) >= 11 is 0. The molecule has 0 unspecified atom stereocenters. The van der Waals surface area contributed by atoms with Gasteiger partial charge in [0.1, 0.15) is 11.7 Å². The van der Waals surface area contributed by atoms with E-state index in [4.69, 9.17) is 9.62 Å². The molecule has 2 N–H and O–H groups in total. The molecule has 144 valence electrons. The Balaban J connectivity index is 1.63. The summed E-state index contributed by atoms with van der Waals surface area (Å²) < 4.78 is 6.74. The summed E-state index contributed by atoms with van der Waals surface area (Å²) in [5, 5.41) is 20.8. The van der Waals surface area contributed by atoms with Gasteiger partial charge in [-0.25, -0.2) is 5.26 Å². The fourth-order valence-electron chi connectivity index (χ4n) is 6.97. The van der Waals surface area contributed by atoms with E-state index in [-0.39, 0.29) is 5.41 Å². The van der Waals surface area contributed by atoms with Crippen LogP contribution in [0.4, 0.5) is 0 Å². The normalized spacial score (nSPS) is 41.7. The molecule has 1 aromatic carbocycles. The number of aliphatic hydroxyl groups is 1. The van der Waals surface area contributed by atoms with Gasteiger partial charge in [-0.15, -0.1) is 0 Å². The van der Waals surface area contributed by atoms with E-state index in [2.05, 4.69) is 24.1 Å². The SMILES string of the molecule is CN1CC[C@]23c4c5ccc(OO)c4O[C@@]2(CC2CCC2)[C@@H](O)C=C[C@H]3[C@H]1C5. The van der Waals surface area contributed by atoms with Crippen LogP contribution in [0.5, 0.6) is 11.5 Å². The molecule has 3 aliphatic carbocycles. The molecular weight excluding hydrogens is 342 g/mol. The summed E-state index contributed by atoms with van der Waals surface area (Å²) in [5.41, 5.74) is 1.61. The van der Waals surface area contributed by atoms with Crippen LogP contribution in [0.25, 0.3) is 0 Å². The van der Waals surface area contributed by atoms with E-state index in [1.807, 2.05) is 12.1 Å². The maximum atomic E-state index is 11.3. The zero-order valence-corrected chi connectivity index (χ0v) is 15.7. The minimum atomic E-state index is -0.650. The number of hydrogen-bond donors (Lipinski definition) is 2. The Kier molecular flexibility index (Phi) is 3.21. The van der Waals surface area contributed by atoms with Crippen molar-refractivity contribution >= 4 is 0 Å². The number of nitrogens with zero attached hydrogens (tertiary/aromatic N) is 1. The average Bonchev–Trinajstić information content (AvgIpc) is 2.94. The molecule has 1 aromatic rings. The molecule has 2 aliphatic heterocycles. The molecule has 2 bridgehead atoms. The minimum Gasteiger partial charge on any atom is -0.479 e. The fourth-order valence-corrected chi connectivity index (χ4v) is 6.97. The Hall–Kier alpha value is -1.56. The van der Waals surface area contributed by atoms with E-state index in [1.165, 1.54) is 30.4 Å². The number of likely N-dealkylation sites (tertiary alicyclic amines) is 1. The third kappa shape index (κ3) is 1.77. The first kappa shape index (κ1) is 16.4. The highest BCUT2D eigenvalue weighted by molar-refractivity contribution is 5.63. The van der Waals surface area contributed by atoms with Crippen molar-refractivity contribution in [1.29, 1.82) is 0 Å². The molecule has 5 aliphatic rings. The third-order valence-corrected chi connectivity index (χ3v) is 8.42. The van der Waals surface area contributed by atoms with Gasteiger partial charge in [0.25, 0.3) is 0 Å². The van der Waals surface area contributed by atoms with Crippen LogP contribution >= 0.6 is 0 Å². The largest absolute Gasteiger partial charge is 0.479 e. The smallest absolute Gasteiger partial charge is 0.207 e. The average molecular weight is 369 g/mol. The maximum Gasteiger partial charge on any atom is 0.207 e. The molecule has 2 heterocycles. The third-order valence-electron chi connectivity index (χ3n) is 8.42. The van der Waals surface area contributed by atoms with E-state index in [1.54, 1.807) is 0 Å². The van der Waals surface area contributed by atoms with Crippen LogP contribution in [-0.2, 0) is 11.8 Å². The molecule has 1 saturated carbocycles. The highest BCUT2D eigenvalue weighted by atomic mass is 17.1. The minimum absolute atomic E-state index is 0.231. The molecule has 5 atom stereocenters. The molecule has 27 heavy (non-hydrogen) atoms. The molecule has 1 saturated heterocycles. The van der Waals surface area contributed by atoms with E-state index in [9.17, 15) is 10.4 Å². The second-order valence-electron chi connectivity index (χ2n) is 9.34. The number of ether oxygens (including phenoxy) is 1. The van der Waals surface area contributed by atoms with Crippen molar-refractivity contribution < 1.29 is 20.0 Å². The van der Waals surface area contributed by atoms with Crippen molar-refractivity contribution in [2.24, 2.45) is 11.8 Å². The highest BCUT2D eigenvalue weighted by Crippen LogP contribution is 2.68. The molecule has 0 amide bonds. The van der Waals surface area contributed by atoms with Crippen LogP contribution in [0.3, 0.4) is 0 Å². The number of hydrogen-bond acceptors (Lipinski definition) is 5. The molecular formula is C22H27NO4. The van der Waals surface area contributed by atoms with E-state index < -0.39 is 11.7 Å². The van der Waals surface area contributed by atoms with Crippen LogP contribution in [-0.4, -0.2) is 46.6 Å². The lowest BCUT2D eigenvalue weighted by Crippen LogP contribution is -2.71. The molecule has 1 spiro atoms. The second kappa shape index (κ2) is 5.28. The van der Waals surface area contributed by atoms with Gasteiger partial charge in [-0.2, -0.15) is 0 Å². The van der Waals surface area contributed by atoms with Crippen molar-refractivity contribution in [2.45, 2.75) is 61.7 Å². The molecule has 0 radical (unpaired) electrons. The van der Waals surface area contributed by atoms with Gasteiger partial charge in [-0.1, -0.05) is 37.5 Å². The first-order valence-electron chi connectivity index (χ1n) is 10.3. The van der Waals surface area contributed by atoms with Crippen molar-refractivity contribution in [1.82, 2.24) is 4.90 Å². The predicted octanol–water partition coefficient (Wildman–Crippen LogP) is 2.90. The van der Waals surface area contributed by atoms with Crippen LogP contribution < -0.4 is 9.62 Å². The first-order valence-corrected chi connectivity index (χ1v) is 10.3. The van der Waals surface area contributed by atoms with Gasteiger partial charge in [0.2, 0.25) is 5.75 Å². The van der Waals surface area contributed by atoms with Gasteiger partial charge < -0.3 is 19.6 Å². The summed E-state index contributed by atoms with van der Waals surface area (Å²) in [6, 6.07) is 4.32. The van der Waals surface area contributed by atoms with Crippen LogP contribution in [0, 0.1) is 11.8 Å². The Morgan fingerprint density at radius 1 is 1.30 bits per heavy atom. The predicted molar refractivity (Wildman–Crippen MR) is 100 cm³/mol. The number of benzene rings is 1.